The molecule has 0 spiro atoms. The molecule has 1 aromatic rings. The van der Waals surface area contributed by atoms with Crippen LogP contribution in [0.5, 0.6) is 0 Å². The summed E-state index contributed by atoms with van der Waals surface area (Å²) in [5, 5.41) is 3.21. The molecule has 1 saturated heterocycles. The Balaban J connectivity index is 1.98. The predicted molar refractivity (Wildman–Crippen MR) is 82.9 cm³/mol. The molecule has 0 radical (unpaired) electrons. The number of anilines is 1. The van der Waals surface area contributed by atoms with E-state index >= 15 is 0 Å². The van der Waals surface area contributed by atoms with Gasteiger partial charge in [0, 0.05) is 26.2 Å². The van der Waals surface area contributed by atoms with Gasteiger partial charge in [-0.3, -0.25) is 4.79 Å². The summed E-state index contributed by atoms with van der Waals surface area (Å²) in [5.74, 6) is -0.0946. The SMILES string of the molecule is CCNC(C)(C)C(=O)N1CCN(c2ccccc2F)CC1. The standard InChI is InChI=1S/C16H24FN3O/c1-4-18-16(2,3)15(21)20-11-9-19(10-12-20)14-8-6-5-7-13(14)17/h5-8,18H,4,9-12H2,1-3H3. The average Bonchev–Trinajstić information content (AvgIpc) is 2.47. The lowest BCUT2D eigenvalue weighted by Crippen LogP contribution is -2.58. The van der Waals surface area contributed by atoms with Crippen LogP contribution in [0, 0.1) is 5.82 Å². The summed E-state index contributed by atoms with van der Waals surface area (Å²) >= 11 is 0. The van der Waals surface area contributed by atoms with Crippen molar-refractivity contribution in [2.45, 2.75) is 26.3 Å². The molecule has 1 aliphatic heterocycles. The van der Waals surface area contributed by atoms with E-state index in [4.69, 9.17) is 0 Å². The molecule has 4 nitrogen and oxygen atoms in total. The van der Waals surface area contributed by atoms with Gasteiger partial charge in [0.2, 0.25) is 5.91 Å². The van der Waals surface area contributed by atoms with Crippen LogP contribution in [0.4, 0.5) is 10.1 Å². The molecule has 1 heterocycles. The van der Waals surface area contributed by atoms with Crippen LogP contribution in [0.2, 0.25) is 0 Å². The number of piperazine rings is 1. The van der Waals surface area contributed by atoms with Gasteiger partial charge in [0.25, 0.3) is 0 Å². The normalized spacial score (nSPS) is 16.2. The van der Waals surface area contributed by atoms with Gasteiger partial charge in [-0.2, -0.15) is 0 Å². The number of rotatable bonds is 4. The van der Waals surface area contributed by atoms with Crippen LogP contribution in [-0.2, 0) is 4.79 Å². The van der Waals surface area contributed by atoms with Crippen LogP contribution in [0.25, 0.3) is 0 Å². The maximum absolute atomic E-state index is 13.8. The third-order valence-corrected chi connectivity index (χ3v) is 3.91. The second-order valence-corrected chi connectivity index (χ2v) is 5.89. The molecule has 1 N–H and O–H groups in total. The second kappa shape index (κ2) is 6.43. The fraction of sp³-hybridized carbons (Fsp3) is 0.562. The first-order valence-corrected chi connectivity index (χ1v) is 7.49. The van der Waals surface area contributed by atoms with E-state index in [9.17, 15) is 9.18 Å². The third kappa shape index (κ3) is 3.53. The molecule has 116 valence electrons. The fourth-order valence-corrected chi connectivity index (χ4v) is 2.77. The minimum Gasteiger partial charge on any atom is -0.366 e. The second-order valence-electron chi connectivity index (χ2n) is 5.89. The average molecular weight is 293 g/mol. The van der Waals surface area contributed by atoms with Crippen LogP contribution in [0.3, 0.4) is 0 Å². The maximum atomic E-state index is 13.8. The van der Waals surface area contributed by atoms with Gasteiger partial charge in [0.15, 0.2) is 0 Å². The summed E-state index contributed by atoms with van der Waals surface area (Å²) in [7, 11) is 0. The molecule has 1 aliphatic rings. The monoisotopic (exact) mass is 293 g/mol. The molecule has 0 bridgehead atoms. The summed E-state index contributed by atoms with van der Waals surface area (Å²) in [4.78, 5) is 16.4. The Morgan fingerprint density at radius 2 is 1.86 bits per heavy atom. The van der Waals surface area contributed by atoms with Gasteiger partial charge in [-0.1, -0.05) is 19.1 Å². The first-order chi connectivity index (χ1) is 9.95. The predicted octanol–water partition coefficient (Wildman–Crippen LogP) is 1.86. The van der Waals surface area contributed by atoms with Crippen molar-refractivity contribution < 1.29 is 9.18 Å². The Labute approximate surface area is 125 Å². The van der Waals surface area contributed by atoms with Crippen LogP contribution < -0.4 is 10.2 Å². The molecule has 0 aromatic heterocycles. The lowest BCUT2D eigenvalue weighted by molar-refractivity contribution is -0.137. The Bertz CT molecular complexity index is 496. The van der Waals surface area contributed by atoms with Crippen molar-refractivity contribution in [2.75, 3.05) is 37.6 Å². The zero-order valence-electron chi connectivity index (χ0n) is 13.0. The van der Waals surface area contributed by atoms with E-state index in [-0.39, 0.29) is 11.7 Å². The highest BCUT2D eigenvalue weighted by atomic mass is 19.1. The first-order valence-electron chi connectivity index (χ1n) is 7.49. The van der Waals surface area contributed by atoms with Crippen molar-refractivity contribution in [1.82, 2.24) is 10.2 Å². The van der Waals surface area contributed by atoms with Crippen LogP contribution in [-0.4, -0.2) is 49.1 Å². The third-order valence-electron chi connectivity index (χ3n) is 3.91. The minimum absolute atomic E-state index is 0.109. The number of likely N-dealkylation sites (N-methyl/N-ethyl adjacent to an activating group) is 1. The highest BCUT2D eigenvalue weighted by Crippen LogP contribution is 2.21. The van der Waals surface area contributed by atoms with Crippen molar-refractivity contribution in [3.8, 4) is 0 Å². The number of carbonyl (C=O) groups excluding carboxylic acids is 1. The van der Waals surface area contributed by atoms with Crippen molar-refractivity contribution >= 4 is 11.6 Å². The van der Waals surface area contributed by atoms with Crippen molar-refractivity contribution in [3.63, 3.8) is 0 Å². The lowest BCUT2D eigenvalue weighted by Gasteiger charge is -2.39. The number of amides is 1. The molecule has 0 unspecified atom stereocenters. The number of benzene rings is 1. The highest BCUT2D eigenvalue weighted by Gasteiger charge is 2.33. The number of halogens is 1. The van der Waals surface area contributed by atoms with E-state index in [2.05, 4.69) is 5.32 Å². The zero-order valence-corrected chi connectivity index (χ0v) is 13.0. The Hall–Kier alpha value is -1.62. The molecule has 1 aromatic carbocycles. The highest BCUT2D eigenvalue weighted by molar-refractivity contribution is 5.85. The van der Waals surface area contributed by atoms with Crippen LogP contribution in [0.15, 0.2) is 24.3 Å². The minimum atomic E-state index is -0.547. The van der Waals surface area contributed by atoms with Crippen LogP contribution in [0.1, 0.15) is 20.8 Å². The summed E-state index contributed by atoms with van der Waals surface area (Å²) in [6.07, 6.45) is 0. The molecule has 21 heavy (non-hydrogen) atoms. The smallest absolute Gasteiger partial charge is 0.242 e. The van der Waals surface area contributed by atoms with Gasteiger partial charge in [-0.05, 0) is 32.5 Å². The maximum Gasteiger partial charge on any atom is 0.242 e. The van der Waals surface area contributed by atoms with Gasteiger partial charge >= 0.3 is 0 Å². The summed E-state index contributed by atoms with van der Waals surface area (Å²) in [6, 6.07) is 6.79. The van der Waals surface area contributed by atoms with Crippen molar-refractivity contribution in [1.29, 1.82) is 0 Å². The molecule has 0 aliphatic carbocycles. The van der Waals surface area contributed by atoms with Gasteiger partial charge in [-0.15, -0.1) is 0 Å². The van der Waals surface area contributed by atoms with Crippen molar-refractivity contribution in [2.24, 2.45) is 0 Å². The van der Waals surface area contributed by atoms with E-state index < -0.39 is 5.54 Å². The van der Waals surface area contributed by atoms with Gasteiger partial charge in [-0.25, -0.2) is 4.39 Å². The Morgan fingerprint density at radius 1 is 1.24 bits per heavy atom. The number of hydrogen-bond acceptors (Lipinski definition) is 3. The largest absolute Gasteiger partial charge is 0.366 e. The van der Waals surface area contributed by atoms with E-state index in [1.54, 1.807) is 12.1 Å². The number of nitrogens with zero attached hydrogens (tertiary/aromatic N) is 2. The molecule has 0 atom stereocenters. The van der Waals surface area contributed by atoms with E-state index in [0.717, 1.165) is 6.54 Å². The van der Waals surface area contributed by atoms with E-state index in [1.165, 1.54) is 6.07 Å². The molecule has 5 heteroatoms. The van der Waals surface area contributed by atoms with Crippen LogP contribution >= 0.6 is 0 Å². The molecular formula is C16H24FN3O. The van der Waals surface area contributed by atoms with E-state index in [1.807, 2.05) is 36.6 Å². The van der Waals surface area contributed by atoms with Gasteiger partial charge in [0.1, 0.15) is 5.82 Å². The topological polar surface area (TPSA) is 35.6 Å². The fourth-order valence-electron chi connectivity index (χ4n) is 2.77. The van der Waals surface area contributed by atoms with Gasteiger partial charge < -0.3 is 15.1 Å². The van der Waals surface area contributed by atoms with Gasteiger partial charge in [0.05, 0.1) is 11.2 Å². The summed E-state index contributed by atoms with van der Waals surface area (Å²) < 4.78 is 13.8. The Morgan fingerprint density at radius 3 is 2.43 bits per heavy atom. The summed E-state index contributed by atoms with van der Waals surface area (Å²) in [6.45, 7) is 9.14. The molecular weight excluding hydrogens is 269 g/mol. The number of carbonyl (C=O) groups is 1. The molecule has 1 fully saturated rings. The van der Waals surface area contributed by atoms with E-state index in [0.29, 0.717) is 31.9 Å². The molecule has 2 rings (SSSR count). The Kier molecular flexibility index (Phi) is 4.83. The number of nitrogens with one attached hydrogen (secondary N) is 1. The first kappa shape index (κ1) is 15.8. The quantitative estimate of drug-likeness (QED) is 0.920. The zero-order chi connectivity index (χ0) is 15.5. The van der Waals surface area contributed by atoms with Crippen molar-refractivity contribution in [3.05, 3.63) is 30.1 Å². The number of para-hydroxylation sites is 1. The number of hydrogen-bond donors (Lipinski definition) is 1. The molecule has 0 saturated carbocycles. The summed E-state index contributed by atoms with van der Waals surface area (Å²) in [5.41, 5.74) is 0.0742. The lowest BCUT2D eigenvalue weighted by atomic mass is 10.0. The molecule has 1 amide bonds.